The number of β-lactam (4-membered cyclic amide) rings is 1. The summed E-state index contributed by atoms with van der Waals surface area (Å²) in [6.07, 6.45) is 1.38. The van der Waals surface area contributed by atoms with Gasteiger partial charge in [0.2, 0.25) is 20.2 Å². The second kappa shape index (κ2) is 10.3. The number of aliphatic hydroxyl groups is 1. The Labute approximate surface area is 241 Å². The van der Waals surface area contributed by atoms with Crippen LogP contribution in [0.4, 0.5) is 15.5 Å². The molecule has 0 aromatic heterocycles. The van der Waals surface area contributed by atoms with Crippen molar-refractivity contribution in [3.63, 3.8) is 0 Å². The van der Waals surface area contributed by atoms with Crippen LogP contribution < -0.4 is 9.80 Å². The van der Waals surface area contributed by atoms with Crippen LogP contribution in [0.3, 0.4) is 0 Å². The van der Waals surface area contributed by atoms with Gasteiger partial charge in [0.15, 0.2) is 5.60 Å². The van der Waals surface area contributed by atoms with Crippen molar-refractivity contribution in [2.45, 2.75) is 75.5 Å². The molecule has 8 nitrogen and oxygen atoms in total. The molecule has 0 radical (unpaired) electrons. The zero-order valence-electron chi connectivity index (χ0n) is 23.9. The number of aliphatic hydroxyl groups excluding tert-OH is 1. The van der Waals surface area contributed by atoms with Crippen LogP contribution in [0.1, 0.15) is 43.7 Å². The Morgan fingerprint density at radius 3 is 2.49 bits per heavy atom. The van der Waals surface area contributed by atoms with Crippen molar-refractivity contribution in [1.29, 1.82) is 0 Å². The minimum absolute atomic E-state index is 0.0142. The SMILES string of the molecule is C[C@@H]1[C@@H]([Si](C)(C)F)[C@H](CC(=O)N2CCC[C@H]2CO)O[C@@]12C(=O)N(Cc1ccc(N3CCC3=O)cc1)c1ccccc12. The standard InChI is InChI=1S/C31H38FN3O5Si/c1-20-29(41(2,3)32)26(17-28(38)33-15-6-7-23(33)19-36)40-31(20)24-8-4-5-9-25(24)35(30(31)39)18-21-10-12-22(13-11-21)34-16-14-27(34)37/h4-5,8-13,20,23,26,29,36H,6-7,14-19H2,1-3H3/t20-,23+,26+,29-,31+/m1/s1. The number of ether oxygens (including phenoxy) is 1. The number of amides is 3. The first kappa shape index (κ1) is 28.1. The van der Waals surface area contributed by atoms with E-state index in [-0.39, 0.29) is 36.8 Å². The van der Waals surface area contributed by atoms with Gasteiger partial charge in [0.05, 0.1) is 37.4 Å². The lowest BCUT2D eigenvalue weighted by Crippen LogP contribution is -2.45. The maximum absolute atomic E-state index is 16.1. The molecule has 41 heavy (non-hydrogen) atoms. The fourth-order valence-corrected chi connectivity index (χ4v) is 10.0. The summed E-state index contributed by atoms with van der Waals surface area (Å²) in [5, 5.41) is 9.75. The molecule has 4 heterocycles. The van der Waals surface area contributed by atoms with E-state index in [1.165, 1.54) is 0 Å². The number of para-hydroxylation sites is 1. The van der Waals surface area contributed by atoms with Crippen molar-refractivity contribution in [2.75, 3.05) is 29.5 Å². The molecular formula is C31H38FN3O5Si. The highest BCUT2D eigenvalue weighted by Crippen LogP contribution is 2.60. The first-order valence-corrected chi connectivity index (χ1v) is 17.6. The third-order valence-electron chi connectivity index (χ3n) is 9.59. The number of carbonyl (C=O) groups is 3. The zero-order chi connectivity index (χ0) is 29.1. The van der Waals surface area contributed by atoms with E-state index in [0.717, 1.165) is 29.8 Å². The van der Waals surface area contributed by atoms with Crippen molar-refractivity contribution in [1.82, 2.24) is 4.90 Å². The van der Waals surface area contributed by atoms with Crippen LogP contribution in [-0.4, -0.2) is 68.0 Å². The maximum Gasteiger partial charge on any atom is 0.264 e. The Balaban J connectivity index is 1.31. The lowest BCUT2D eigenvalue weighted by atomic mass is 9.82. The minimum atomic E-state index is -3.39. The third-order valence-corrected chi connectivity index (χ3v) is 12.0. The van der Waals surface area contributed by atoms with Gasteiger partial charge < -0.3 is 28.7 Å². The molecule has 0 aliphatic carbocycles. The second-order valence-corrected chi connectivity index (χ2v) is 16.2. The molecule has 1 N–H and O–H groups in total. The van der Waals surface area contributed by atoms with Gasteiger partial charge in [-0.2, -0.15) is 0 Å². The van der Waals surface area contributed by atoms with Crippen LogP contribution in [0.25, 0.3) is 0 Å². The van der Waals surface area contributed by atoms with Crippen molar-refractivity contribution < 1.29 is 28.3 Å². The quantitative estimate of drug-likeness (QED) is 0.303. The van der Waals surface area contributed by atoms with Gasteiger partial charge in [-0.25, -0.2) is 0 Å². The van der Waals surface area contributed by atoms with Crippen molar-refractivity contribution >= 4 is 37.5 Å². The molecule has 4 aliphatic rings. The lowest BCUT2D eigenvalue weighted by Gasteiger charge is -2.31. The molecule has 1 spiro atoms. The predicted molar refractivity (Wildman–Crippen MR) is 156 cm³/mol. The summed E-state index contributed by atoms with van der Waals surface area (Å²) < 4.78 is 22.8. The summed E-state index contributed by atoms with van der Waals surface area (Å²) in [4.78, 5) is 44.8. The van der Waals surface area contributed by atoms with E-state index in [9.17, 15) is 19.5 Å². The molecule has 2 aromatic carbocycles. The number of halogens is 1. The molecule has 6 rings (SSSR count). The van der Waals surface area contributed by atoms with Gasteiger partial charge in [-0.1, -0.05) is 37.3 Å². The van der Waals surface area contributed by atoms with Gasteiger partial charge in [-0.05, 0) is 49.7 Å². The molecule has 0 saturated carbocycles. The first-order valence-electron chi connectivity index (χ1n) is 14.6. The predicted octanol–water partition coefficient (Wildman–Crippen LogP) is 4.12. The number of nitrogens with zero attached hydrogens (tertiary/aromatic N) is 3. The highest BCUT2D eigenvalue weighted by atomic mass is 28.4. The Kier molecular flexibility index (Phi) is 7.06. The summed E-state index contributed by atoms with van der Waals surface area (Å²) in [6.45, 7) is 6.65. The van der Waals surface area contributed by atoms with E-state index < -0.39 is 31.6 Å². The van der Waals surface area contributed by atoms with Gasteiger partial charge in [0.25, 0.3) is 5.91 Å². The Morgan fingerprint density at radius 1 is 1.12 bits per heavy atom. The van der Waals surface area contributed by atoms with E-state index in [1.807, 2.05) is 55.5 Å². The lowest BCUT2D eigenvalue weighted by molar-refractivity contribution is -0.150. The first-order chi connectivity index (χ1) is 19.6. The molecule has 10 heteroatoms. The molecule has 2 aromatic rings. The summed E-state index contributed by atoms with van der Waals surface area (Å²) in [5.74, 6) is -0.761. The maximum atomic E-state index is 16.1. The van der Waals surface area contributed by atoms with E-state index >= 15 is 4.11 Å². The molecule has 218 valence electrons. The molecule has 0 unspecified atom stereocenters. The number of carbonyl (C=O) groups excluding carboxylic acids is 3. The minimum Gasteiger partial charge on any atom is -0.394 e. The van der Waals surface area contributed by atoms with Gasteiger partial charge in [0, 0.05) is 42.2 Å². The van der Waals surface area contributed by atoms with Crippen LogP contribution in [-0.2, 0) is 31.3 Å². The van der Waals surface area contributed by atoms with E-state index in [0.29, 0.717) is 31.6 Å². The number of likely N-dealkylation sites (tertiary alicyclic amines) is 1. The molecule has 3 amide bonds. The van der Waals surface area contributed by atoms with Crippen LogP contribution in [0.5, 0.6) is 0 Å². The molecule has 5 atom stereocenters. The molecular weight excluding hydrogens is 541 g/mol. The van der Waals surface area contributed by atoms with Crippen LogP contribution >= 0.6 is 0 Å². The third kappa shape index (κ3) is 4.51. The smallest absolute Gasteiger partial charge is 0.264 e. The number of hydrogen-bond donors (Lipinski definition) is 1. The molecule has 3 fully saturated rings. The Hall–Kier alpha value is -3.08. The Bertz CT molecular complexity index is 1360. The normalized spacial score (nSPS) is 29.4. The molecule has 4 aliphatic heterocycles. The van der Waals surface area contributed by atoms with Crippen LogP contribution in [0, 0.1) is 5.92 Å². The van der Waals surface area contributed by atoms with Gasteiger partial charge in [-0.3, -0.25) is 14.4 Å². The fraction of sp³-hybridized carbons (Fsp3) is 0.516. The second-order valence-electron chi connectivity index (χ2n) is 12.4. The monoisotopic (exact) mass is 579 g/mol. The van der Waals surface area contributed by atoms with Gasteiger partial charge in [0.1, 0.15) is 0 Å². The topological polar surface area (TPSA) is 90.4 Å². The van der Waals surface area contributed by atoms with E-state index in [4.69, 9.17) is 4.74 Å². The zero-order valence-corrected chi connectivity index (χ0v) is 24.9. The number of fused-ring (bicyclic) bond motifs is 2. The number of anilines is 2. The highest BCUT2D eigenvalue weighted by molar-refractivity contribution is 6.72. The summed E-state index contributed by atoms with van der Waals surface area (Å²) in [5.41, 5.74) is 1.25. The van der Waals surface area contributed by atoms with Crippen molar-refractivity contribution in [3.8, 4) is 0 Å². The van der Waals surface area contributed by atoms with Crippen LogP contribution in [0.2, 0.25) is 18.6 Å². The highest BCUT2D eigenvalue weighted by Gasteiger charge is 2.67. The number of rotatable bonds is 7. The number of hydrogen-bond acceptors (Lipinski definition) is 5. The number of benzene rings is 2. The Morgan fingerprint density at radius 2 is 1.85 bits per heavy atom. The fourth-order valence-electron chi connectivity index (χ4n) is 7.55. The molecule has 0 bridgehead atoms. The molecule has 3 saturated heterocycles. The van der Waals surface area contributed by atoms with E-state index in [2.05, 4.69) is 0 Å². The largest absolute Gasteiger partial charge is 0.394 e. The average Bonchev–Trinajstić information content (AvgIpc) is 3.59. The van der Waals surface area contributed by atoms with Crippen molar-refractivity contribution in [3.05, 3.63) is 59.7 Å². The van der Waals surface area contributed by atoms with Crippen LogP contribution in [0.15, 0.2) is 48.5 Å². The van der Waals surface area contributed by atoms with Gasteiger partial charge in [-0.15, -0.1) is 0 Å². The summed E-state index contributed by atoms with van der Waals surface area (Å²) in [6, 6.07) is 15.0. The van der Waals surface area contributed by atoms with Crippen molar-refractivity contribution in [2.24, 2.45) is 5.92 Å². The van der Waals surface area contributed by atoms with Gasteiger partial charge >= 0.3 is 0 Å². The summed E-state index contributed by atoms with van der Waals surface area (Å²) >= 11 is 0. The average molecular weight is 580 g/mol. The van der Waals surface area contributed by atoms with E-state index in [1.54, 1.807) is 27.8 Å². The summed E-state index contributed by atoms with van der Waals surface area (Å²) in [7, 11) is -3.39.